The maximum atomic E-state index is 12.5. The molecule has 0 unspecified atom stereocenters. The molecule has 0 spiro atoms. The summed E-state index contributed by atoms with van der Waals surface area (Å²) in [4.78, 5) is 32.9. The topological polar surface area (TPSA) is 120 Å². The average Bonchev–Trinajstić information content (AvgIpc) is 3.66. The van der Waals surface area contributed by atoms with Gasteiger partial charge in [-0.1, -0.05) is 24.3 Å². The molecule has 0 bridgehead atoms. The standard InChI is InChI=1S/C26H22N8O2/c35-25(29-13-19-1-9-23(10-2-19)33-17-27-15-31-33)21-5-7-22(8-6-21)26(36)30-14-20-3-11-24(12-4-20)34-18-28-16-32-34/h1-12,15-18H,13-14H2,(H,29,35)(H,30,36). The molecule has 0 saturated heterocycles. The van der Waals surface area contributed by atoms with Gasteiger partial charge in [-0.2, -0.15) is 10.2 Å². The number of benzene rings is 3. The summed E-state index contributed by atoms with van der Waals surface area (Å²) in [6.07, 6.45) is 6.20. The van der Waals surface area contributed by atoms with Crippen molar-refractivity contribution >= 4 is 11.8 Å². The summed E-state index contributed by atoms with van der Waals surface area (Å²) in [5.74, 6) is -0.426. The summed E-state index contributed by atoms with van der Waals surface area (Å²) in [6.45, 7) is 0.767. The van der Waals surface area contributed by atoms with E-state index in [4.69, 9.17) is 0 Å². The van der Waals surface area contributed by atoms with E-state index in [1.807, 2.05) is 48.5 Å². The van der Waals surface area contributed by atoms with Crippen LogP contribution in [-0.4, -0.2) is 41.3 Å². The van der Waals surface area contributed by atoms with Crippen molar-refractivity contribution in [2.45, 2.75) is 13.1 Å². The number of nitrogens with zero attached hydrogens (tertiary/aromatic N) is 6. The molecular formula is C26H22N8O2. The van der Waals surface area contributed by atoms with Crippen LogP contribution in [-0.2, 0) is 13.1 Å². The average molecular weight is 479 g/mol. The highest BCUT2D eigenvalue weighted by atomic mass is 16.2. The Kier molecular flexibility index (Phi) is 6.57. The lowest BCUT2D eigenvalue weighted by Gasteiger charge is -2.09. The van der Waals surface area contributed by atoms with Crippen LogP contribution in [0.1, 0.15) is 31.8 Å². The van der Waals surface area contributed by atoms with Gasteiger partial charge in [0, 0.05) is 24.2 Å². The fraction of sp³-hybridized carbons (Fsp3) is 0.0769. The Morgan fingerprint density at radius 1 is 0.583 bits per heavy atom. The van der Waals surface area contributed by atoms with Gasteiger partial charge in [0.25, 0.3) is 11.8 Å². The number of nitrogens with one attached hydrogen (secondary N) is 2. The maximum absolute atomic E-state index is 12.5. The van der Waals surface area contributed by atoms with Crippen LogP contribution in [0.3, 0.4) is 0 Å². The summed E-state index contributed by atoms with van der Waals surface area (Å²) in [7, 11) is 0. The minimum atomic E-state index is -0.213. The van der Waals surface area contributed by atoms with E-state index in [0.717, 1.165) is 22.5 Å². The Morgan fingerprint density at radius 2 is 0.972 bits per heavy atom. The minimum Gasteiger partial charge on any atom is -0.348 e. The van der Waals surface area contributed by atoms with Crippen LogP contribution in [0.2, 0.25) is 0 Å². The molecule has 36 heavy (non-hydrogen) atoms. The van der Waals surface area contributed by atoms with E-state index < -0.39 is 0 Å². The molecule has 0 radical (unpaired) electrons. The highest BCUT2D eigenvalue weighted by molar-refractivity contribution is 5.97. The Hall–Kier alpha value is -5.12. The lowest BCUT2D eigenvalue weighted by atomic mass is 10.1. The molecule has 3 aromatic carbocycles. The predicted molar refractivity (Wildman–Crippen MR) is 132 cm³/mol. The van der Waals surface area contributed by atoms with Crippen LogP contribution < -0.4 is 10.6 Å². The van der Waals surface area contributed by atoms with Gasteiger partial charge in [-0.15, -0.1) is 0 Å². The Labute approximate surface area is 206 Å². The number of carbonyl (C=O) groups excluding carboxylic acids is 2. The van der Waals surface area contributed by atoms with Crippen LogP contribution in [0.15, 0.2) is 98.1 Å². The molecule has 2 amide bonds. The van der Waals surface area contributed by atoms with Crippen molar-refractivity contribution in [2.24, 2.45) is 0 Å². The third-order valence-corrected chi connectivity index (χ3v) is 5.55. The number of amides is 2. The number of aromatic nitrogens is 6. The summed E-state index contributed by atoms with van der Waals surface area (Å²) >= 11 is 0. The molecule has 0 fully saturated rings. The molecule has 0 atom stereocenters. The van der Waals surface area contributed by atoms with Gasteiger partial charge in [-0.05, 0) is 59.7 Å². The molecule has 178 valence electrons. The van der Waals surface area contributed by atoms with Crippen molar-refractivity contribution in [1.29, 1.82) is 0 Å². The van der Waals surface area contributed by atoms with E-state index in [1.54, 1.807) is 46.3 Å². The SMILES string of the molecule is O=C(NCc1ccc(-n2cncn2)cc1)c1ccc(C(=O)NCc2ccc(-n3cncn3)cc2)cc1. The number of hydrogen-bond donors (Lipinski definition) is 2. The lowest BCUT2D eigenvalue weighted by molar-refractivity contribution is 0.0939. The highest BCUT2D eigenvalue weighted by Gasteiger charge is 2.09. The molecule has 10 heteroatoms. The fourth-order valence-corrected chi connectivity index (χ4v) is 3.56. The van der Waals surface area contributed by atoms with E-state index in [9.17, 15) is 9.59 Å². The first kappa shape index (κ1) is 22.7. The van der Waals surface area contributed by atoms with E-state index in [2.05, 4.69) is 30.8 Å². The van der Waals surface area contributed by atoms with E-state index in [0.29, 0.717) is 24.2 Å². The summed E-state index contributed by atoms with van der Waals surface area (Å²) in [5.41, 5.74) is 4.65. The maximum Gasteiger partial charge on any atom is 0.251 e. The van der Waals surface area contributed by atoms with Gasteiger partial charge in [0.2, 0.25) is 0 Å². The molecule has 5 rings (SSSR count). The first-order valence-corrected chi connectivity index (χ1v) is 11.2. The molecular weight excluding hydrogens is 456 g/mol. The zero-order valence-electron chi connectivity index (χ0n) is 19.2. The Morgan fingerprint density at radius 3 is 1.31 bits per heavy atom. The zero-order chi connectivity index (χ0) is 24.7. The third kappa shape index (κ3) is 5.33. The van der Waals surface area contributed by atoms with Crippen LogP contribution in [0.25, 0.3) is 11.4 Å². The minimum absolute atomic E-state index is 0.213. The van der Waals surface area contributed by atoms with Crippen LogP contribution >= 0.6 is 0 Å². The first-order valence-electron chi connectivity index (χ1n) is 11.2. The summed E-state index contributed by atoms with van der Waals surface area (Å²) in [6, 6.07) is 21.9. The second kappa shape index (κ2) is 10.4. The number of rotatable bonds is 8. The van der Waals surface area contributed by atoms with Crippen molar-refractivity contribution < 1.29 is 9.59 Å². The summed E-state index contributed by atoms with van der Waals surface area (Å²) in [5, 5.41) is 14.0. The lowest BCUT2D eigenvalue weighted by Crippen LogP contribution is -2.24. The fourth-order valence-electron chi connectivity index (χ4n) is 3.56. The molecule has 0 saturated carbocycles. The van der Waals surface area contributed by atoms with Crippen LogP contribution in [0.4, 0.5) is 0 Å². The number of carbonyl (C=O) groups is 2. The van der Waals surface area contributed by atoms with Crippen molar-refractivity contribution in [1.82, 2.24) is 40.2 Å². The van der Waals surface area contributed by atoms with Gasteiger partial charge in [-0.3, -0.25) is 9.59 Å². The quantitative estimate of drug-likeness (QED) is 0.354. The normalized spacial score (nSPS) is 10.7. The molecule has 10 nitrogen and oxygen atoms in total. The van der Waals surface area contributed by atoms with Crippen molar-refractivity contribution in [2.75, 3.05) is 0 Å². The van der Waals surface area contributed by atoms with Gasteiger partial charge in [0.05, 0.1) is 11.4 Å². The van der Waals surface area contributed by atoms with Crippen molar-refractivity contribution in [3.8, 4) is 11.4 Å². The number of hydrogen-bond acceptors (Lipinski definition) is 6. The van der Waals surface area contributed by atoms with Gasteiger partial charge >= 0.3 is 0 Å². The predicted octanol–water partition coefficient (Wildman–Crippen LogP) is 2.71. The van der Waals surface area contributed by atoms with Gasteiger partial charge < -0.3 is 10.6 Å². The van der Waals surface area contributed by atoms with Gasteiger partial charge in [0.1, 0.15) is 25.3 Å². The zero-order valence-corrected chi connectivity index (χ0v) is 19.2. The molecule has 2 aromatic heterocycles. The smallest absolute Gasteiger partial charge is 0.251 e. The van der Waals surface area contributed by atoms with Crippen LogP contribution in [0, 0.1) is 0 Å². The van der Waals surface area contributed by atoms with E-state index in [1.165, 1.54) is 12.7 Å². The second-order valence-electron chi connectivity index (χ2n) is 7.96. The molecule has 0 aliphatic rings. The molecule has 0 aliphatic heterocycles. The third-order valence-electron chi connectivity index (χ3n) is 5.55. The van der Waals surface area contributed by atoms with E-state index in [-0.39, 0.29) is 11.8 Å². The largest absolute Gasteiger partial charge is 0.348 e. The molecule has 0 aliphatic carbocycles. The van der Waals surface area contributed by atoms with E-state index >= 15 is 0 Å². The highest BCUT2D eigenvalue weighted by Crippen LogP contribution is 2.11. The Balaban J connectivity index is 1.11. The second-order valence-corrected chi connectivity index (χ2v) is 7.96. The first-order chi connectivity index (χ1) is 17.7. The molecule has 2 heterocycles. The summed E-state index contributed by atoms with van der Waals surface area (Å²) < 4.78 is 3.33. The van der Waals surface area contributed by atoms with Crippen molar-refractivity contribution in [3.63, 3.8) is 0 Å². The Bertz CT molecular complexity index is 1320. The monoisotopic (exact) mass is 478 g/mol. The van der Waals surface area contributed by atoms with Crippen LogP contribution in [0.5, 0.6) is 0 Å². The molecule has 2 N–H and O–H groups in total. The van der Waals surface area contributed by atoms with Gasteiger partial charge in [-0.25, -0.2) is 19.3 Å². The van der Waals surface area contributed by atoms with Crippen molar-refractivity contribution in [3.05, 3.63) is 120 Å². The van der Waals surface area contributed by atoms with Gasteiger partial charge in [0.15, 0.2) is 0 Å². The molecule has 5 aromatic rings.